The minimum atomic E-state index is -0.291. The highest BCUT2D eigenvalue weighted by atomic mass is 32.1. The van der Waals surface area contributed by atoms with Crippen molar-refractivity contribution in [3.05, 3.63) is 52.2 Å². The van der Waals surface area contributed by atoms with Crippen molar-refractivity contribution in [3.8, 4) is 5.75 Å². The van der Waals surface area contributed by atoms with Crippen LogP contribution in [0.3, 0.4) is 0 Å². The van der Waals surface area contributed by atoms with Crippen molar-refractivity contribution in [2.75, 3.05) is 20.1 Å². The number of carbonyl (C=O) groups is 1. The summed E-state index contributed by atoms with van der Waals surface area (Å²) < 4.78 is 5.70. The molecule has 6 heteroatoms. The van der Waals surface area contributed by atoms with Gasteiger partial charge in [0.15, 0.2) is 0 Å². The van der Waals surface area contributed by atoms with Crippen LogP contribution in [0.5, 0.6) is 5.75 Å². The van der Waals surface area contributed by atoms with Crippen LogP contribution in [0, 0.1) is 0 Å². The van der Waals surface area contributed by atoms with Crippen LogP contribution in [-0.2, 0) is 6.61 Å². The normalized spacial score (nSPS) is 20.9. The van der Waals surface area contributed by atoms with Gasteiger partial charge >= 0.3 is 0 Å². The zero-order valence-corrected chi connectivity index (χ0v) is 14.5. The zero-order valence-electron chi connectivity index (χ0n) is 13.6. The van der Waals surface area contributed by atoms with Crippen LogP contribution in [0.1, 0.15) is 21.0 Å². The summed E-state index contributed by atoms with van der Waals surface area (Å²) in [5.74, 6) is 0.750. The summed E-state index contributed by atoms with van der Waals surface area (Å²) in [5.41, 5.74) is 0. The fraction of sp³-hybridized carbons (Fsp3) is 0.389. The number of nitrogens with one attached hydrogen (secondary N) is 1. The molecule has 0 aliphatic carbocycles. The van der Waals surface area contributed by atoms with Crippen LogP contribution in [0.4, 0.5) is 0 Å². The standard InChI is InChI=1S/C18H22N2O3S/c1-20-11-14(21)9-13(20)10-19-18(22)17-8-7-16(24-17)12-23-15-5-3-2-4-6-15/h2-8,13-14,21H,9-12H2,1H3,(H,19,22). The molecule has 1 aromatic carbocycles. The first kappa shape index (κ1) is 17.0. The molecule has 2 N–H and O–H groups in total. The lowest BCUT2D eigenvalue weighted by Gasteiger charge is -2.18. The number of amides is 1. The fourth-order valence-corrected chi connectivity index (χ4v) is 3.67. The first-order chi connectivity index (χ1) is 11.6. The van der Waals surface area contributed by atoms with Gasteiger partial charge in [-0.15, -0.1) is 11.3 Å². The number of carbonyl (C=O) groups excluding carboxylic acids is 1. The maximum Gasteiger partial charge on any atom is 0.261 e. The van der Waals surface area contributed by atoms with Crippen molar-refractivity contribution in [2.45, 2.75) is 25.2 Å². The van der Waals surface area contributed by atoms with E-state index in [2.05, 4.69) is 10.2 Å². The van der Waals surface area contributed by atoms with Crippen LogP contribution in [0.25, 0.3) is 0 Å². The van der Waals surface area contributed by atoms with Gasteiger partial charge in [-0.1, -0.05) is 18.2 Å². The molecule has 24 heavy (non-hydrogen) atoms. The Hall–Kier alpha value is -1.89. The van der Waals surface area contributed by atoms with E-state index >= 15 is 0 Å². The van der Waals surface area contributed by atoms with Gasteiger partial charge in [0, 0.05) is 24.0 Å². The Morgan fingerprint density at radius 3 is 2.83 bits per heavy atom. The molecule has 0 saturated carbocycles. The molecule has 2 aromatic rings. The number of thiophene rings is 1. The Labute approximate surface area is 145 Å². The molecule has 2 unspecified atom stereocenters. The molecular formula is C18H22N2O3S. The third-order valence-electron chi connectivity index (χ3n) is 4.17. The highest BCUT2D eigenvalue weighted by molar-refractivity contribution is 7.14. The Bertz CT molecular complexity index is 674. The van der Waals surface area contributed by atoms with Crippen molar-refractivity contribution in [1.29, 1.82) is 0 Å². The average molecular weight is 346 g/mol. The highest BCUT2D eigenvalue weighted by Crippen LogP contribution is 2.20. The number of hydrogen-bond acceptors (Lipinski definition) is 5. The Balaban J connectivity index is 1.48. The number of rotatable bonds is 6. The molecule has 2 atom stereocenters. The predicted molar refractivity (Wildman–Crippen MR) is 94.5 cm³/mol. The van der Waals surface area contributed by atoms with Gasteiger partial charge < -0.3 is 15.2 Å². The van der Waals surface area contributed by atoms with Gasteiger partial charge in [0.2, 0.25) is 0 Å². The molecule has 1 fully saturated rings. The van der Waals surface area contributed by atoms with Crippen molar-refractivity contribution >= 4 is 17.2 Å². The molecule has 3 rings (SSSR count). The molecule has 1 amide bonds. The maximum atomic E-state index is 12.3. The van der Waals surface area contributed by atoms with E-state index in [0.29, 0.717) is 31.0 Å². The minimum absolute atomic E-state index is 0.0687. The second kappa shape index (κ2) is 7.79. The van der Waals surface area contributed by atoms with Crippen molar-refractivity contribution < 1.29 is 14.6 Å². The van der Waals surface area contributed by atoms with E-state index in [0.717, 1.165) is 10.6 Å². The number of aliphatic hydroxyl groups is 1. The van der Waals surface area contributed by atoms with E-state index in [-0.39, 0.29) is 18.1 Å². The SMILES string of the molecule is CN1CC(O)CC1CNC(=O)c1ccc(COc2ccccc2)s1. The van der Waals surface area contributed by atoms with E-state index in [1.54, 1.807) is 0 Å². The molecule has 2 heterocycles. The summed E-state index contributed by atoms with van der Waals surface area (Å²) in [6.45, 7) is 1.68. The van der Waals surface area contributed by atoms with Crippen LogP contribution in [0.2, 0.25) is 0 Å². The smallest absolute Gasteiger partial charge is 0.261 e. The summed E-state index contributed by atoms with van der Waals surface area (Å²) >= 11 is 1.44. The topological polar surface area (TPSA) is 61.8 Å². The molecule has 5 nitrogen and oxygen atoms in total. The lowest BCUT2D eigenvalue weighted by atomic mass is 10.2. The number of likely N-dealkylation sites (tertiary alicyclic amines) is 1. The van der Waals surface area contributed by atoms with Crippen LogP contribution < -0.4 is 10.1 Å². The molecule has 0 bridgehead atoms. The quantitative estimate of drug-likeness (QED) is 0.841. The molecule has 0 spiro atoms. The molecular weight excluding hydrogens is 324 g/mol. The summed E-state index contributed by atoms with van der Waals surface area (Å²) in [7, 11) is 1.97. The van der Waals surface area contributed by atoms with Gasteiger partial charge in [-0.25, -0.2) is 0 Å². The lowest BCUT2D eigenvalue weighted by molar-refractivity contribution is 0.0947. The predicted octanol–water partition coefficient (Wildman–Crippen LogP) is 2.12. The van der Waals surface area contributed by atoms with E-state index < -0.39 is 0 Å². The number of ether oxygens (including phenoxy) is 1. The number of likely N-dealkylation sites (N-methyl/N-ethyl adjacent to an activating group) is 1. The number of nitrogens with zero attached hydrogens (tertiary/aromatic N) is 1. The number of β-amino-alcohol motifs (C(OH)–C–C–N with tert-alkyl or cyclic N) is 1. The average Bonchev–Trinajstić information content (AvgIpc) is 3.18. The number of aliphatic hydroxyl groups excluding tert-OH is 1. The number of benzene rings is 1. The highest BCUT2D eigenvalue weighted by Gasteiger charge is 2.28. The number of para-hydroxylation sites is 1. The molecule has 128 valence electrons. The van der Waals surface area contributed by atoms with E-state index in [4.69, 9.17) is 4.74 Å². The largest absolute Gasteiger partial charge is 0.488 e. The summed E-state index contributed by atoms with van der Waals surface area (Å²) in [5, 5.41) is 12.6. The molecule has 1 aromatic heterocycles. The third-order valence-corrected chi connectivity index (χ3v) is 5.23. The molecule has 1 aliphatic rings. The van der Waals surface area contributed by atoms with Crippen LogP contribution in [0.15, 0.2) is 42.5 Å². The first-order valence-corrected chi connectivity index (χ1v) is 8.86. The molecule has 1 aliphatic heterocycles. The second-order valence-corrected chi connectivity index (χ2v) is 7.23. The third kappa shape index (κ3) is 4.35. The summed E-state index contributed by atoms with van der Waals surface area (Å²) in [6.07, 6.45) is 0.414. The van der Waals surface area contributed by atoms with Crippen molar-refractivity contribution in [2.24, 2.45) is 0 Å². The molecule has 1 saturated heterocycles. The lowest BCUT2D eigenvalue weighted by Crippen LogP contribution is -2.37. The van der Waals surface area contributed by atoms with Crippen LogP contribution in [-0.4, -0.2) is 48.2 Å². The van der Waals surface area contributed by atoms with E-state index in [1.165, 1.54) is 11.3 Å². The van der Waals surface area contributed by atoms with E-state index in [9.17, 15) is 9.90 Å². The zero-order chi connectivity index (χ0) is 16.9. The summed E-state index contributed by atoms with van der Waals surface area (Å²) in [6, 6.07) is 13.6. The Morgan fingerprint density at radius 1 is 1.33 bits per heavy atom. The van der Waals surface area contributed by atoms with Crippen molar-refractivity contribution in [1.82, 2.24) is 10.2 Å². The minimum Gasteiger partial charge on any atom is -0.488 e. The van der Waals surface area contributed by atoms with Gasteiger partial charge in [-0.2, -0.15) is 0 Å². The summed E-state index contributed by atoms with van der Waals surface area (Å²) in [4.78, 5) is 16.0. The van der Waals surface area contributed by atoms with Crippen molar-refractivity contribution in [3.63, 3.8) is 0 Å². The fourth-order valence-electron chi connectivity index (χ4n) is 2.84. The van der Waals surface area contributed by atoms with Gasteiger partial charge in [0.1, 0.15) is 12.4 Å². The first-order valence-electron chi connectivity index (χ1n) is 8.05. The second-order valence-electron chi connectivity index (χ2n) is 6.06. The number of hydrogen-bond donors (Lipinski definition) is 2. The monoisotopic (exact) mass is 346 g/mol. The van der Waals surface area contributed by atoms with Gasteiger partial charge in [-0.3, -0.25) is 9.69 Å². The maximum absolute atomic E-state index is 12.3. The van der Waals surface area contributed by atoms with Gasteiger partial charge in [0.05, 0.1) is 11.0 Å². The van der Waals surface area contributed by atoms with Gasteiger partial charge in [0.25, 0.3) is 5.91 Å². The van der Waals surface area contributed by atoms with Gasteiger partial charge in [-0.05, 0) is 37.7 Å². The van der Waals surface area contributed by atoms with Crippen LogP contribution >= 0.6 is 11.3 Å². The van der Waals surface area contributed by atoms with E-state index in [1.807, 2.05) is 49.5 Å². The Kier molecular flexibility index (Phi) is 5.50. The molecule has 0 radical (unpaired) electrons. The Morgan fingerprint density at radius 2 is 2.12 bits per heavy atom.